The molecule has 0 amide bonds. The van der Waals surface area contributed by atoms with Gasteiger partial charge in [-0.3, -0.25) is 4.79 Å². The van der Waals surface area contributed by atoms with E-state index < -0.39 is 11.4 Å². The predicted molar refractivity (Wildman–Crippen MR) is 103 cm³/mol. The van der Waals surface area contributed by atoms with Crippen molar-refractivity contribution in [2.75, 3.05) is 31.1 Å². The molecule has 0 radical (unpaired) electrons. The number of aromatic amines is 1. The molecule has 2 fully saturated rings. The number of hydrogen-bond acceptors (Lipinski definition) is 5. The summed E-state index contributed by atoms with van der Waals surface area (Å²) in [5.41, 5.74) is 1.78. The monoisotopic (exact) mass is 387 g/mol. The van der Waals surface area contributed by atoms with Crippen LogP contribution in [0.4, 0.5) is 5.69 Å². The van der Waals surface area contributed by atoms with Crippen molar-refractivity contribution in [2.45, 2.75) is 18.9 Å². The van der Waals surface area contributed by atoms with E-state index in [-0.39, 0.29) is 17.0 Å². The van der Waals surface area contributed by atoms with E-state index in [1.54, 1.807) is 0 Å². The lowest BCUT2D eigenvalue weighted by atomic mass is 10.1. The van der Waals surface area contributed by atoms with Crippen LogP contribution in [0.5, 0.6) is 0 Å². The van der Waals surface area contributed by atoms with Crippen LogP contribution in [-0.2, 0) is 0 Å². The van der Waals surface area contributed by atoms with Gasteiger partial charge in [0.15, 0.2) is 0 Å². The zero-order valence-electron chi connectivity index (χ0n) is 14.5. The van der Waals surface area contributed by atoms with Crippen LogP contribution in [0.1, 0.15) is 29.2 Å². The number of pyridine rings is 1. The van der Waals surface area contributed by atoms with Crippen molar-refractivity contribution in [1.82, 2.24) is 19.9 Å². The summed E-state index contributed by atoms with van der Waals surface area (Å²) in [6.45, 7) is 3.27. The Bertz CT molecular complexity index is 1140. The number of nitrogens with one attached hydrogen (secondary N) is 2. The van der Waals surface area contributed by atoms with Crippen molar-refractivity contribution in [2.24, 2.45) is 0 Å². The third kappa shape index (κ3) is 2.44. The van der Waals surface area contributed by atoms with Gasteiger partial charge in [0.05, 0.1) is 33.5 Å². The minimum atomic E-state index is -1.23. The zero-order valence-corrected chi connectivity index (χ0v) is 15.2. The van der Waals surface area contributed by atoms with Crippen molar-refractivity contribution < 1.29 is 9.90 Å². The van der Waals surface area contributed by atoms with Crippen LogP contribution in [0.25, 0.3) is 21.9 Å². The molecule has 9 heteroatoms. The third-order valence-corrected chi connectivity index (χ3v) is 5.73. The van der Waals surface area contributed by atoms with Crippen LogP contribution in [0.15, 0.2) is 17.3 Å². The normalized spacial score (nSPS) is 17.7. The highest BCUT2D eigenvalue weighted by molar-refractivity contribution is 6.40. The largest absolute Gasteiger partial charge is 0.477 e. The smallest absolute Gasteiger partial charge is 0.341 e. The number of aromatic carboxylic acids is 1. The molecule has 0 bridgehead atoms. The standard InChI is InChI=1S/C18H18ClN5O3/c19-12-15-11(17(25)10(18(26)27)7-24(15)9-1-2-9)13-14(22-8-21-13)16(12)23-5-3-20-4-6-23/h7-9,20H,1-6H2,(H,21,22)(H,26,27). The molecule has 27 heavy (non-hydrogen) atoms. The average molecular weight is 388 g/mol. The lowest BCUT2D eigenvalue weighted by Crippen LogP contribution is -2.43. The molecule has 3 heterocycles. The highest BCUT2D eigenvalue weighted by atomic mass is 35.5. The van der Waals surface area contributed by atoms with Gasteiger partial charge in [-0.1, -0.05) is 11.6 Å². The molecule has 0 atom stereocenters. The molecule has 1 aromatic carbocycles. The van der Waals surface area contributed by atoms with E-state index >= 15 is 0 Å². The number of carboxylic acid groups (broad SMARTS) is 1. The molecule has 3 N–H and O–H groups in total. The van der Waals surface area contributed by atoms with E-state index in [0.29, 0.717) is 21.6 Å². The van der Waals surface area contributed by atoms with Gasteiger partial charge in [0.1, 0.15) is 11.1 Å². The highest BCUT2D eigenvalue weighted by Crippen LogP contribution is 2.44. The first-order chi connectivity index (χ1) is 13.1. The first-order valence-electron chi connectivity index (χ1n) is 9.00. The minimum absolute atomic E-state index is 0.163. The lowest BCUT2D eigenvalue weighted by molar-refractivity contribution is 0.0695. The number of halogens is 1. The molecule has 8 nitrogen and oxygen atoms in total. The molecule has 2 aromatic heterocycles. The molecule has 1 saturated carbocycles. The Morgan fingerprint density at radius 3 is 2.70 bits per heavy atom. The quantitative estimate of drug-likeness (QED) is 0.635. The van der Waals surface area contributed by atoms with Gasteiger partial charge >= 0.3 is 5.97 Å². The van der Waals surface area contributed by atoms with Crippen LogP contribution in [0.3, 0.4) is 0 Å². The topological polar surface area (TPSA) is 103 Å². The van der Waals surface area contributed by atoms with Crippen molar-refractivity contribution in [3.63, 3.8) is 0 Å². The van der Waals surface area contributed by atoms with Crippen molar-refractivity contribution in [3.8, 4) is 0 Å². The Kier molecular flexibility index (Phi) is 3.66. The fourth-order valence-corrected chi connectivity index (χ4v) is 4.35. The van der Waals surface area contributed by atoms with Gasteiger partial charge in [-0.15, -0.1) is 0 Å². The maximum Gasteiger partial charge on any atom is 0.341 e. The molecule has 140 valence electrons. The van der Waals surface area contributed by atoms with E-state index in [4.69, 9.17) is 11.6 Å². The Morgan fingerprint density at radius 2 is 2.04 bits per heavy atom. The summed E-state index contributed by atoms with van der Waals surface area (Å²) < 4.78 is 1.86. The van der Waals surface area contributed by atoms with E-state index in [9.17, 15) is 14.7 Å². The SMILES string of the molecule is O=C(O)c1cn(C2CC2)c2c(Cl)c(N3CCNCC3)c3[nH]cnc3c2c1=O. The zero-order chi connectivity index (χ0) is 18.7. The number of anilines is 1. The molecular formula is C18H18ClN5O3. The number of carbonyl (C=O) groups is 1. The van der Waals surface area contributed by atoms with Gasteiger partial charge in [-0.2, -0.15) is 0 Å². The number of nitrogens with zero attached hydrogens (tertiary/aromatic N) is 3. The molecule has 1 aliphatic heterocycles. The van der Waals surface area contributed by atoms with E-state index in [1.165, 1.54) is 12.5 Å². The van der Waals surface area contributed by atoms with Gasteiger partial charge < -0.3 is 24.9 Å². The molecular weight excluding hydrogens is 370 g/mol. The van der Waals surface area contributed by atoms with Gasteiger partial charge in [0.25, 0.3) is 0 Å². The minimum Gasteiger partial charge on any atom is -0.477 e. The Morgan fingerprint density at radius 1 is 1.30 bits per heavy atom. The fourth-order valence-electron chi connectivity index (χ4n) is 3.94. The van der Waals surface area contributed by atoms with E-state index in [1.807, 2.05) is 4.57 Å². The van der Waals surface area contributed by atoms with Gasteiger partial charge in [-0.25, -0.2) is 9.78 Å². The number of imidazole rings is 1. The molecule has 1 aliphatic carbocycles. The summed E-state index contributed by atoms with van der Waals surface area (Å²) in [5.74, 6) is -1.23. The van der Waals surface area contributed by atoms with Crippen LogP contribution >= 0.6 is 11.6 Å². The van der Waals surface area contributed by atoms with E-state index in [2.05, 4.69) is 20.2 Å². The van der Waals surface area contributed by atoms with Crippen LogP contribution in [0, 0.1) is 0 Å². The summed E-state index contributed by atoms with van der Waals surface area (Å²) in [6.07, 6.45) is 4.85. The number of rotatable bonds is 3. The Labute approximate surface area is 158 Å². The highest BCUT2D eigenvalue weighted by Gasteiger charge is 2.31. The number of hydrogen-bond donors (Lipinski definition) is 3. The number of carboxylic acids is 1. The molecule has 0 spiro atoms. The van der Waals surface area contributed by atoms with Crippen molar-refractivity contribution in [1.29, 1.82) is 0 Å². The summed E-state index contributed by atoms with van der Waals surface area (Å²) in [4.78, 5) is 34.3. The molecule has 0 unspecified atom stereocenters. The molecule has 5 rings (SSSR count). The maximum absolute atomic E-state index is 13.0. The Balaban J connectivity index is 1.93. The number of piperazine rings is 1. The van der Waals surface area contributed by atoms with Gasteiger partial charge in [0, 0.05) is 38.4 Å². The van der Waals surface area contributed by atoms with Crippen LogP contribution in [-0.4, -0.2) is 51.8 Å². The predicted octanol–water partition coefficient (Wildman–Crippen LogP) is 1.97. The number of aromatic nitrogens is 3. The lowest BCUT2D eigenvalue weighted by Gasteiger charge is -2.31. The van der Waals surface area contributed by atoms with Crippen LogP contribution < -0.4 is 15.6 Å². The molecule has 3 aromatic rings. The summed E-state index contributed by atoms with van der Waals surface area (Å²) in [7, 11) is 0. The second-order valence-electron chi connectivity index (χ2n) is 7.06. The van der Waals surface area contributed by atoms with Gasteiger partial charge in [-0.05, 0) is 12.8 Å². The molecule has 2 aliphatic rings. The second-order valence-corrected chi connectivity index (χ2v) is 7.44. The molecule has 1 saturated heterocycles. The van der Waals surface area contributed by atoms with Crippen LogP contribution in [0.2, 0.25) is 5.02 Å². The first-order valence-corrected chi connectivity index (χ1v) is 9.38. The summed E-state index contributed by atoms with van der Waals surface area (Å²) >= 11 is 6.87. The van der Waals surface area contributed by atoms with E-state index in [0.717, 1.165) is 44.7 Å². The third-order valence-electron chi connectivity index (χ3n) is 5.37. The van der Waals surface area contributed by atoms with Crippen molar-refractivity contribution >= 4 is 45.2 Å². The Hall–Kier alpha value is -2.58. The fraction of sp³-hybridized carbons (Fsp3) is 0.389. The van der Waals surface area contributed by atoms with Crippen molar-refractivity contribution in [3.05, 3.63) is 33.3 Å². The number of H-pyrrole nitrogens is 1. The van der Waals surface area contributed by atoms with Gasteiger partial charge in [0.2, 0.25) is 5.43 Å². The second kappa shape index (κ2) is 5.97. The number of benzene rings is 1. The maximum atomic E-state index is 13.0. The summed E-state index contributed by atoms with van der Waals surface area (Å²) in [5, 5.41) is 13.6. The first kappa shape index (κ1) is 16.6. The number of fused-ring (bicyclic) bond motifs is 3. The summed E-state index contributed by atoms with van der Waals surface area (Å²) in [6, 6.07) is 0.163. The average Bonchev–Trinajstić information content (AvgIpc) is 3.40.